The van der Waals surface area contributed by atoms with Crippen LogP contribution in [0.5, 0.6) is 0 Å². The van der Waals surface area contributed by atoms with E-state index in [9.17, 15) is 13.2 Å². The number of aromatic nitrogens is 1. The maximum absolute atomic E-state index is 12.4. The lowest BCUT2D eigenvalue weighted by Gasteiger charge is -2.09. The van der Waals surface area contributed by atoms with Gasteiger partial charge in [-0.25, -0.2) is 4.98 Å². The molecule has 0 bridgehead atoms. The van der Waals surface area contributed by atoms with Gasteiger partial charge in [0.2, 0.25) is 0 Å². The summed E-state index contributed by atoms with van der Waals surface area (Å²) in [6.45, 7) is 2.29. The fraction of sp³-hybridized carbons (Fsp3) is 0.214. The van der Waals surface area contributed by atoms with Crippen LogP contribution < -0.4 is 5.32 Å². The van der Waals surface area contributed by atoms with Crippen LogP contribution >= 0.6 is 15.9 Å². The van der Waals surface area contributed by atoms with Crippen LogP contribution in [0.1, 0.15) is 16.8 Å². The first-order chi connectivity index (χ1) is 9.36. The molecule has 1 N–H and O–H groups in total. The van der Waals surface area contributed by atoms with Crippen LogP contribution in [0.25, 0.3) is 0 Å². The monoisotopic (exact) mass is 344 g/mol. The molecule has 0 aliphatic rings. The largest absolute Gasteiger partial charge is 0.416 e. The van der Waals surface area contributed by atoms with Gasteiger partial charge in [0.1, 0.15) is 5.82 Å². The smallest absolute Gasteiger partial charge is 0.366 e. The van der Waals surface area contributed by atoms with Crippen LogP contribution in [0, 0.1) is 6.92 Å². The SMILES string of the molecule is Cc1nc(NCc2ccc(C(F)(F)F)cc2)ccc1Br. The van der Waals surface area contributed by atoms with E-state index in [1.54, 1.807) is 6.07 Å². The summed E-state index contributed by atoms with van der Waals surface area (Å²) in [5.41, 5.74) is 0.974. The second-order valence-corrected chi connectivity index (χ2v) is 5.17. The molecule has 1 aromatic heterocycles. The topological polar surface area (TPSA) is 24.9 Å². The highest BCUT2D eigenvalue weighted by molar-refractivity contribution is 9.10. The van der Waals surface area contributed by atoms with Crippen LogP contribution in [0.4, 0.5) is 19.0 Å². The first-order valence-electron chi connectivity index (χ1n) is 5.89. The lowest BCUT2D eigenvalue weighted by atomic mass is 10.1. The molecular weight excluding hydrogens is 333 g/mol. The maximum atomic E-state index is 12.4. The number of rotatable bonds is 3. The molecule has 0 spiro atoms. The number of nitrogens with zero attached hydrogens (tertiary/aromatic N) is 1. The number of pyridine rings is 1. The summed E-state index contributed by atoms with van der Waals surface area (Å²) in [5.74, 6) is 0.686. The molecule has 0 saturated carbocycles. The molecule has 0 saturated heterocycles. The van der Waals surface area contributed by atoms with Gasteiger partial charge in [0.05, 0.1) is 11.3 Å². The minimum atomic E-state index is -4.30. The summed E-state index contributed by atoms with van der Waals surface area (Å²) in [6, 6.07) is 8.76. The Morgan fingerprint density at radius 1 is 1.10 bits per heavy atom. The van der Waals surface area contributed by atoms with Gasteiger partial charge >= 0.3 is 6.18 Å². The predicted octanol–water partition coefficient (Wildman–Crippen LogP) is 4.78. The number of halogens is 4. The van der Waals surface area contributed by atoms with Crippen LogP contribution in [-0.2, 0) is 12.7 Å². The minimum absolute atomic E-state index is 0.423. The Balaban J connectivity index is 2.02. The number of aryl methyl sites for hydroxylation is 1. The highest BCUT2D eigenvalue weighted by Crippen LogP contribution is 2.29. The van der Waals surface area contributed by atoms with Gasteiger partial charge in [0, 0.05) is 11.0 Å². The molecule has 2 rings (SSSR count). The highest BCUT2D eigenvalue weighted by Gasteiger charge is 2.29. The van der Waals surface area contributed by atoms with E-state index in [2.05, 4.69) is 26.2 Å². The van der Waals surface area contributed by atoms with Crippen molar-refractivity contribution >= 4 is 21.7 Å². The molecule has 0 aliphatic carbocycles. The second-order valence-electron chi connectivity index (χ2n) is 4.31. The molecule has 2 aromatic rings. The van der Waals surface area contributed by atoms with E-state index >= 15 is 0 Å². The van der Waals surface area contributed by atoms with Gasteiger partial charge in [-0.05, 0) is 52.7 Å². The van der Waals surface area contributed by atoms with Gasteiger partial charge in [0.15, 0.2) is 0 Å². The zero-order valence-electron chi connectivity index (χ0n) is 10.6. The summed E-state index contributed by atoms with van der Waals surface area (Å²) in [6.07, 6.45) is -4.30. The standard InChI is InChI=1S/C14H12BrF3N2/c1-9-12(15)6-7-13(20-9)19-8-10-2-4-11(5-3-10)14(16,17)18/h2-7H,8H2,1H3,(H,19,20). The molecule has 6 heteroatoms. The molecule has 0 radical (unpaired) electrons. The molecular formula is C14H12BrF3N2. The average molecular weight is 345 g/mol. The molecule has 106 valence electrons. The number of nitrogens with one attached hydrogen (secondary N) is 1. The van der Waals surface area contributed by atoms with Gasteiger partial charge in [-0.1, -0.05) is 12.1 Å². The zero-order valence-corrected chi connectivity index (χ0v) is 12.2. The van der Waals surface area contributed by atoms with Crippen molar-refractivity contribution in [2.45, 2.75) is 19.6 Å². The Labute approximate surface area is 123 Å². The van der Waals surface area contributed by atoms with E-state index in [0.29, 0.717) is 12.4 Å². The van der Waals surface area contributed by atoms with Gasteiger partial charge in [-0.3, -0.25) is 0 Å². The molecule has 2 nitrogen and oxygen atoms in total. The minimum Gasteiger partial charge on any atom is -0.366 e. The summed E-state index contributed by atoms with van der Waals surface area (Å²) in [7, 11) is 0. The third-order valence-electron chi connectivity index (χ3n) is 2.78. The van der Waals surface area contributed by atoms with Crippen molar-refractivity contribution in [2.75, 3.05) is 5.32 Å². The summed E-state index contributed by atoms with van der Waals surface area (Å²) < 4.78 is 38.2. The number of anilines is 1. The number of hydrogen-bond acceptors (Lipinski definition) is 2. The van der Waals surface area contributed by atoms with Crippen molar-refractivity contribution < 1.29 is 13.2 Å². The van der Waals surface area contributed by atoms with Crippen molar-refractivity contribution in [2.24, 2.45) is 0 Å². The Hall–Kier alpha value is -1.56. The van der Waals surface area contributed by atoms with Gasteiger partial charge in [0.25, 0.3) is 0 Å². The van der Waals surface area contributed by atoms with E-state index in [-0.39, 0.29) is 0 Å². The van der Waals surface area contributed by atoms with Crippen molar-refractivity contribution in [3.8, 4) is 0 Å². The number of alkyl halides is 3. The number of benzene rings is 1. The molecule has 0 amide bonds. The van der Waals surface area contributed by atoms with Crippen molar-refractivity contribution in [3.63, 3.8) is 0 Å². The van der Waals surface area contributed by atoms with Crippen LogP contribution in [0.3, 0.4) is 0 Å². The predicted molar refractivity (Wildman–Crippen MR) is 75.4 cm³/mol. The molecule has 0 atom stereocenters. The van der Waals surface area contributed by atoms with E-state index in [1.807, 2.05) is 13.0 Å². The first kappa shape index (κ1) is 14.8. The molecule has 1 aromatic carbocycles. The first-order valence-corrected chi connectivity index (χ1v) is 6.69. The fourth-order valence-electron chi connectivity index (χ4n) is 1.65. The van der Waals surface area contributed by atoms with Crippen LogP contribution in [0.2, 0.25) is 0 Å². The Morgan fingerprint density at radius 3 is 2.30 bits per heavy atom. The third-order valence-corrected chi connectivity index (χ3v) is 3.61. The van der Waals surface area contributed by atoms with E-state index < -0.39 is 11.7 Å². The summed E-state index contributed by atoms with van der Waals surface area (Å²) in [5, 5.41) is 3.07. The maximum Gasteiger partial charge on any atom is 0.416 e. The Kier molecular flexibility index (Phi) is 4.32. The quantitative estimate of drug-likeness (QED) is 0.866. The molecule has 20 heavy (non-hydrogen) atoms. The molecule has 0 fully saturated rings. The fourth-order valence-corrected chi connectivity index (χ4v) is 1.87. The average Bonchev–Trinajstić information content (AvgIpc) is 2.40. The van der Waals surface area contributed by atoms with Crippen LogP contribution in [-0.4, -0.2) is 4.98 Å². The lowest BCUT2D eigenvalue weighted by Crippen LogP contribution is -2.06. The molecule has 0 unspecified atom stereocenters. The van der Waals surface area contributed by atoms with Crippen molar-refractivity contribution in [1.29, 1.82) is 0 Å². The zero-order chi connectivity index (χ0) is 14.8. The van der Waals surface area contributed by atoms with E-state index in [0.717, 1.165) is 27.9 Å². The molecule has 0 aliphatic heterocycles. The summed E-state index contributed by atoms with van der Waals surface area (Å²) >= 11 is 3.36. The number of hydrogen-bond donors (Lipinski definition) is 1. The Morgan fingerprint density at radius 2 is 1.75 bits per heavy atom. The van der Waals surface area contributed by atoms with Crippen molar-refractivity contribution in [1.82, 2.24) is 4.98 Å². The highest BCUT2D eigenvalue weighted by atomic mass is 79.9. The Bertz CT molecular complexity index is 594. The third kappa shape index (κ3) is 3.72. The van der Waals surface area contributed by atoms with E-state index in [1.165, 1.54) is 12.1 Å². The van der Waals surface area contributed by atoms with Crippen molar-refractivity contribution in [3.05, 3.63) is 57.7 Å². The summed E-state index contributed by atoms with van der Waals surface area (Å²) in [4.78, 5) is 4.31. The van der Waals surface area contributed by atoms with Gasteiger partial charge in [-0.15, -0.1) is 0 Å². The normalized spacial score (nSPS) is 11.4. The van der Waals surface area contributed by atoms with Gasteiger partial charge in [-0.2, -0.15) is 13.2 Å². The van der Waals surface area contributed by atoms with E-state index in [4.69, 9.17) is 0 Å². The molecule has 1 heterocycles. The van der Waals surface area contributed by atoms with Gasteiger partial charge < -0.3 is 5.32 Å². The lowest BCUT2D eigenvalue weighted by molar-refractivity contribution is -0.137. The second kappa shape index (κ2) is 5.83. The van der Waals surface area contributed by atoms with Crippen LogP contribution in [0.15, 0.2) is 40.9 Å².